The number of rotatable bonds is 6. The lowest BCUT2D eigenvalue weighted by Crippen LogP contribution is -2.23. The molecule has 0 aliphatic carbocycles. The van der Waals surface area contributed by atoms with E-state index in [9.17, 15) is 0 Å². The first-order chi connectivity index (χ1) is 9.76. The Kier molecular flexibility index (Phi) is 6.02. The van der Waals surface area contributed by atoms with E-state index in [1.165, 1.54) is 12.0 Å². The maximum Gasteiger partial charge on any atom is 0.157 e. The largest absolute Gasteiger partial charge is 0.353 e. The fraction of sp³-hybridized carbons (Fsp3) is 0.412. The second-order valence-electron chi connectivity index (χ2n) is 4.86. The molecule has 1 atom stereocenters. The van der Waals surface area contributed by atoms with Crippen molar-refractivity contribution in [3.63, 3.8) is 0 Å². The third-order valence-electron chi connectivity index (χ3n) is 3.55. The molecule has 0 bridgehead atoms. The Hall–Kier alpha value is -0.900. The predicted octanol–water partition coefficient (Wildman–Crippen LogP) is 4.82. The van der Waals surface area contributed by atoms with Gasteiger partial charge < -0.3 is 9.47 Å². The summed E-state index contributed by atoms with van der Waals surface area (Å²) in [5.41, 5.74) is 3.45. The van der Waals surface area contributed by atoms with E-state index >= 15 is 0 Å². The lowest BCUT2D eigenvalue weighted by atomic mass is 9.99. The maximum atomic E-state index is 5.80. The summed E-state index contributed by atoms with van der Waals surface area (Å²) in [4.78, 5) is 0. The number of benzene rings is 1. The topological polar surface area (TPSA) is 18.5 Å². The van der Waals surface area contributed by atoms with Crippen molar-refractivity contribution in [2.75, 3.05) is 13.2 Å². The molecule has 108 valence electrons. The van der Waals surface area contributed by atoms with E-state index in [0.717, 1.165) is 41.5 Å². The Morgan fingerprint density at radius 1 is 1.25 bits per heavy atom. The molecule has 1 aromatic carbocycles. The zero-order valence-electron chi connectivity index (χ0n) is 11.7. The van der Waals surface area contributed by atoms with Crippen molar-refractivity contribution in [3.05, 3.63) is 46.5 Å². The SMILES string of the molecule is C=Cc1c(Br)ccc(CCOC2CCCCO2)c1C=C. The van der Waals surface area contributed by atoms with Crippen LogP contribution >= 0.6 is 15.9 Å². The van der Waals surface area contributed by atoms with Crippen molar-refractivity contribution < 1.29 is 9.47 Å². The average molecular weight is 337 g/mol. The lowest BCUT2D eigenvalue weighted by molar-refractivity contribution is -0.161. The zero-order chi connectivity index (χ0) is 14.4. The summed E-state index contributed by atoms with van der Waals surface area (Å²) in [5, 5.41) is 0. The molecule has 0 aromatic heterocycles. The second kappa shape index (κ2) is 7.77. The minimum atomic E-state index is -0.0229. The van der Waals surface area contributed by atoms with E-state index in [1.807, 2.05) is 12.2 Å². The van der Waals surface area contributed by atoms with Gasteiger partial charge in [-0.2, -0.15) is 0 Å². The van der Waals surface area contributed by atoms with Crippen LogP contribution in [0.2, 0.25) is 0 Å². The number of ether oxygens (including phenoxy) is 2. The van der Waals surface area contributed by atoms with Crippen LogP contribution in [0.5, 0.6) is 0 Å². The van der Waals surface area contributed by atoms with Crippen LogP contribution in [-0.4, -0.2) is 19.5 Å². The highest BCUT2D eigenvalue weighted by Gasteiger charge is 2.14. The van der Waals surface area contributed by atoms with Gasteiger partial charge >= 0.3 is 0 Å². The highest BCUT2D eigenvalue weighted by Crippen LogP contribution is 2.26. The summed E-state index contributed by atoms with van der Waals surface area (Å²) in [7, 11) is 0. The fourth-order valence-electron chi connectivity index (χ4n) is 2.46. The van der Waals surface area contributed by atoms with Crippen LogP contribution in [0, 0.1) is 0 Å². The molecule has 0 spiro atoms. The molecule has 0 saturated carbocycles. The summed E-state index contributed by atoms with van der Waals surface area (Å²) in [6.07, 6.45) is 7.92. The molecule has 0 amide bonds. The monoisotopic (exact) mass is 336 g/mol. The summed E-state index contributed by atoms with van der Waals surface area (Å²) in [6.45, 7) is 9.26. The van der Waals surface area contributed by atoms with Gasteiger partial charge in [0.2, 0.25) is 0 Å². The summed E-state index contributed by atoms with van der Waals surface area (Å²) < 4.78 is 12.4. The van der Waals surface area contributed by atoms with Crippen LogP contribution in [0.25, 0.3) is 12.2 Å². The number of hydrogen-bond donors (Lipinski definition) is 0. The molecular weight excluding hydrogens is 316 g/mol. The molecule has 1 aliphatic heterocycles. The minimum absolute atomic E-state index is 0.0229. The standard InChI is InChI=1S/C17H21BrO2/c1-3-14-13(8-9-16(18)15(14)4-2)10-12-20-17-7-5-6-11-19-17/h3-4,8-9,17H,1-2,5-7,10-12H2. The molecule has 1 saturated heterocycles. The van der Waals surface area contributed by atoms with Gasteiger partial charge in [0.25, 0.3) is 0 Å². The van der Waals surface area contributed by atoms with E-state index in [2.05, 4.69) is 41.2 Å². The van der Waals surface area contributed by atoms with Crippen LogP contribution in [-0.2, 0) is 15.9 Å². The Balaban J connectivity index is 1.98. The summed E-state index contributed by atoms with van der Waals surface area (Å²) >= 11 is 3.54. The molecule has 1 heterocycles. The van der Waals surface area contributed by atoms with Gasteiger partial charge in [0.05, 0.1) is 6.61 Å². The Labute approximate surface area is 129 Å². The fourth-order valence-corrected chi connectivity index (χ4v) is 2.97. The van der Waals surface area contributed by atoms with Crippen LogP contribution in [0.15, 0.2) is 29.8 Å². The molecule has 1 aromatic rings. The average Bonchev–Trinajstić information content (AvgIpc) is 2.49. The maximum absolute atomic E-state index is 5.80. The van der Waals surface area contributed by atoms with Crippen molar-refractivity contribution >= 4 is 28.1 Å². The molecular formula is C17H21BrO2. The van der Waals surface area contributed by atoms with Crippen LogP contribution in [0.3, 0.4) is 0 Å². The third kappa shape index (κ3) is 3.81. The van der Waals surface area contributed by atoms with Gasteiger partial charge in [-0.15, -0.1) is 0 Å². The highest BCUT2D eigenvalue weighted by molar-refractivity contribution is 9.10. The molecule has 2 nitrogen and oxygen atoms in total. The molecule has 1 fully saturated rings. The van der Waals surface area contributed by atoms with E-state index in [1.54, 1.807) is 0 Å². The zero-order valence-corrected chi connectivity index (χ0v) is 13.3. The second-order valence-corrected chi connectivity index (χ2v) is 5.71. The Bertz CT molecular complexity index is 476. The van der Waals surface area contributed by atoms with E-state index < -0.39 is 0 Å². The summed E-state index contributed by atoms with van der Waals surface area (Å²) in [6, 6.07) is 4.16. The molecule has 3 heteroatoms. The van der Waals surface area contributed by atoms with E-state index in [0.29, 0.717) is 6.61 Å². The van der Waals surface area contributed by atoms with Crippen molar-refractivity contribution in [1.82, 2.24) is 0 Å². The quantitative estimate of drug-likeness (QED) is 0.741. The first kappa shape index (κ1) is 15.5. The Morgan fingerprint density at radius 3 is 2.70 bits per heavy atom. The van der Waals surface area contributed by atoms with Gasteiger partial charge in [-0.3, -0.25) is 0 Å². The van der Waals surface area contributed by atoms with Gasteiger partial charge in [0, 0.05) is 11.1 Å². The first-order valence-corrected chi connectivity index (χ1v) is 7.85. The third-order valence-corrected chi connectivity index (χ3v) is 4.24. The smallest absolute Gasteiger partial charge is 0.157 e. The molecule has 1 unspecified atom stereocenters. The van der Waals surface area contributed by atoms with Crippen LogP contribution in [0.1, 0.15) is 36.0 Å². The predicted molar refractivity (Wildman–Crippen MR) is 87.6 cm³/mol. The Morgan fingerprint density at radius 2 is 2.05 bits per heavy atom. The van der Waals surface area contributed by atoms with Crippen molar-refractivity contribution in [1.29, 1.82) is 0 Å². The normalized spacial score (nSPS) is 18.8. The lowest BCUT2D eigenvalue weighted by Gasteiger charge is -2.23. The first-order valence-electron chi connectivity index (χ1n) is 7.05. The highest BCUT2D eigenvalue weighted by atomic mass is 79.9. The summed E-state index contributed by atoms with van der Waals surface area (Å²) in [5.74, 6) is 0. The number of hydrogen-bond acceptors (Lipinski definition) is 2. The van der Waals surface area contributed by atoms with Gasteiger partial charge in [0.15, 0.2) is 6.29 Å². The van der Waals surface area contributed by atoms with Gasteiger partial charge in [-0.25, -0.2) is 0 Å². The van der Waals surface area contributed by atoms with Gasteiger partial charge in [-0.05, 0) is 48.4 Å². The molecule has 0 N–H and O–H groups in total. The van der Waals surface area contributed by atoms with Gasteiger partial charge in [0.1, 0.15) is 0 Å². The number of halogens is 1. The van der Waals surface area contributed by atoms with Crippen LogP contribution in [0.4, 0.5) is 0 Å². The molecule has 20 heavy (non-hydrogen) atoms. The van der Waals surface area contributed by atoms with E-state index in [4.69, 9.17) is 9.47 Å². The van der Waals surface area contributed by atoms with Crippen molar-refractivity contribution in [2.24, 2.45) is 0 Å². The van der Waals surface area contributed by atoms with E-state index in [-0.39, 0.29) is 6.29 Å². The van der Waals surface area contributed by atoms with Crippen LogP contribution < -0.4 is 0 Å². The van der Waals surface area contributed by atoms with Gasteiger partial charge in [-0.1, -0.05) is 47.3 Å². The minimum Gasteiger partial charge on any atom is -0.353 e. The van der Waals surface area contributed by atoms with Crippen molar-refractivity contribution in [3.8, 4) is 0 Å². The molecule has 2 rings (SSSR count). The molecule has 1 aliphatic rings. The van der Waals surface area contributed by atoms with Crippen molar-refractivity contribution in [2.45, 2.75) is 32.0 Å². The molecule has 0 radical (unpaired) electrons.